The second kappa shape index (κ2) is 20.7. The second-order valence-electron chi connectivity index (χ2n) is 15.8. The summed E-state index contributed by atoms with van der Waals surface area (Å²) in [4.78, 5) is 67.5. The molecule has 1 aliphatic heterocycles. The molecule has 5 heterocycles. The largest absolute Gasteiger partial charge is 0.494 e. The Hall–Kier alpha value is -7.22. The van der Waals surface area contributed by atoms with E-state index in [1.165, 1.54) is 36.1 Å². The lowest BCUT2D eigenvalue weighted by atomic mass is 9.99. The number of nitrogens with two attached hydrogens (primary N) is 2. The molecule has 0 saturated carbocycles. The minimum Gasteiger partial charge on any atom is -0.494 e. The van der Waals surface area contributed by atoms with Gasteiger partial charge in [-0.25, -0.2) is 0 Å². The van der Waals surface area contributed by atoms with Gasteiger partial charge in [0.15, 0.2) is 6.29 Å². The van der Waals surface area contributed by atoms with Gasteiger partial charge in [0.05, 0.1) is 49.4 Å². The smallest absolute Gasteiger partial charge is 0.298 e. The summed E-state index contributed by atoms with van der Waals surface area (Å²) >= 11 is 0. The topological polar surface area (TPSA) is 340 Å². The highest BCUT2D eigenvalue weighted by atomic mass is 16.7. The molecule has 1 saturated heterocycles. The number of methoxy groups -OCH3 is 1. The van der Waals surface area contributed by atoms with Crippen molar-refractivity contribution in [3.05, 3.63) is 93.7 Å². The number of aromatic amines is 2. The fraction of sp³-hybridized carbons (Fsp3) is 0.409. The van der Waals surface area contributed by atoms with E-state index in [0.29, 0.717) is 46.5 Å². The maximum Gasteiger partial charge on any atom is 0.298 e. The predicted molar refractivity (Wildman–Crippen MR) is 240 cm³/mol. The van der Waals surface area contributed by atoms with Crippen LogP contribution >= 0.6 is 0 Å². The lowest BCUT2D eigenvalue weighted by molar-refractivity contribution is -0.301. The van der Waals surface area contributed by atoms with E-state index in [1.54, 1.807) is 51.9 Å². The number of hydrogen-bond donors (Lipinski definition) is 8. The van der Waals surface area contributed by atoms with E-state index < -0.39 is 60.9 Å². The Balaban J connectivity index is 1.26. The molecule has 0 radical (unpaired) electrons. The van der Waals surface area contributed by atoms with Gasteiger partial charge in [0.1, 0.15) is 58.3 Å². The molecule has 24 heteroatoms. The van der Waals surface area contributed by atoms with Crippen LogP contribution in [-0.2, 0) is 35.7 Å². The minimum absolute atomic E-state index is 0.0176. The molecule has 1 fully saturated rings. The minimum atomic E-state index is -1.61. The average molecular weight is 943 g/mol. The number of benzene rings is 2. The lowest BCUT2D eigenvalue weighted by Crippen LogP contribution is -2.59. The number of nitrogens with zero attached hydrogens (tertiary/aromatic N) is 8. The van der Waals surface area contributed by atoms with Gasteiger partial charge in [-0.15, -0.1) is 0 Å². The van der Waals surface area contributed by atoms with E-state index in [9.17, 15) is 39.6 Å². The molecule has 7 rings (SSSR count). The normalized spacial score (nSPS) is 19.2. The average Bonchev–Trinajstić information content (AvgIpc) is 4.08. The Labute approximate surface area is 386 Å². The summed E-state index contributed by atoms with van der Waals surface area (Å²) in [7, 11) is 1.43. The number of aliphatic hydroxyl groups is 4. The van der Waals surface area contributed by atoms with Crippen molar-refractivity contribution in [3.8, 4) is 11.5 Å². The van der Waals surface area contributed by atoms with Crippen LogP contribution in [0.25, 0.3) is 22.1 Å². The third-order valence-electron chi connectivity index (χ3n) is 11.2. The van der Waals surface area contributed by atoms with Crippen LogP contribution in [0.4, 0.5) is 0 Å². The number of carbonyl (C=O) groups excluding carboxylic acids is 4. The van der Waals surface area contributed by atoms with Crippen LogP contribution in [0.15, 0.2) is 58.5 Å². The van der Waals surface area contributed by atoms with Crippen molar-refractivity contribution in [1.29, 1.82) is 0 Å². The summed E-state index contributed by atoms with van der Waals surface area (Å²) in [5.74, 6) is -2.17. The summed E-state index contributed by atoms with van der Waals surface area (Å²) in [5, 5.41) is 49.0. The summed E-state index contributed by atoms with van der Waals surface area (Å²) in [6, 6.07) is 9.23. The monoisotopic (exact) mass is 942 g/mol. The van der Waals surface area contributed by atoms with Gasteiger partial charge in [-0.3, -0.25) is 28.5 Å². The van der Waals surface area contributed by atoms with Crippen molar-refractivity contribution < 1.29 is 58.6 Å². The number of fused-ring (bicyclic) bond motifs is 2. The molecule has 68 heavy (non-hydrogen) atoms. The zero-order chi connectivity index (χ0) is 49.0. The summed E-state index contributed by atoms with van der Waals surface area (Å²) in [6.07, 6.45) is -3.50. The number of primary amides is 2. The number of H-pyrrole nitrogens is 2. The highest BCUT2D eigenvalue weighted by Crippen LogP contribution is 2.29. The van der Waals surface area contributed by atoms with Crippen LogP contribution in [-0.4, -0.2) is 140 Å². The molecule has 4 aromatic heterocycles. The van der Waals surface area contributed by atoms with Gasteiger partial charge < -0.3 is 69.9 Å². The number of carbonyl (C=O) groups is 4. The standard InChI is InChI=1S/C44H54N12O12/c1-6-55-28(15-22(3)51-55)40(63)49-43-47-26-17-24(38(45)61)19-30(65-5)33(26)53(43)11-8-9-12-54-34-27(48-44(54)50-41(64)29-16-23(4)52-56(29)7-2)18-25(39(46)62)20-31(34)66-13-10-14-67-42-37(60)36(59)35(58)32(21-57)68-42/h8-9,15-20,32,35-37,42,57-60H,6-7,10-14,21H2,1-5H3,(H2,45,61)(H2,46,62)(H,47,49,63)(H,48,50,64)/b9-8+/t32-,35-,36+,37-,42+/m1/s1. The first-order chi connectivity index (χ1) is 32.6. The molecule has 4 amide bonds. The number of amides is 4. The van der Waals surface area contributed by atoms with Gasteiger partial charge in [-0.2, -0.15) is 20.2 Å². The van der Waals surface area contributed by atoms with E-state index >= 15 is 0 Å². The first-order valence-corrected chi connectivity index (χ1v) is 21.7. The molecule has 24 nitrogen and oxygen atoms in total. The van der Waals surface area contributed by atoms with Crippen molar-refractivity contribution in [3.63, 3.8) is 0 Å². The third kappa shape index (κ3) is 10.0. The van der Waals surface area contributed by atoms with E-state index in [-0.39, 0.29) is 78.0 Å². The van der Waals surface area contributed by atoms with Gasteiger partial charge in [0.25, 0.3) is 11.8 Å². The highest BCUT2D eigenvalue weighted by Gasteiger charge is 2.44. The maximum absolute atomic E-state index is 13.8. The quantitative estimate of drug-likeness (QED) is 0.0410. The van der Waals surface area contributed by atoms with Gasteiger partial charge in [-0.05, 0) is 64.1 Å². The summed E-state index contributed by atoms with van der Waals surface area (Å²) in [5.41, 5.74) is 15.2. The molecule has 0 spiro atoms. The second-order valence-corrected chi connectivity index (χ2v) is 15.8. The Morgan fingerprint density at radius 3 is 1.72 bits per heavy atom. The Bertz CT molecular complexity index is 3040. The van der Waals surface area contributed by atoms with Crippen molar-refractivity contribution in [2.45, 2.75) is 91.0 Å². The molecule has 2 aromatic carbocycles. The molecule has 10 N–H and O–H groups in total. The third-order valence-corrected chi connectivity index (χ3v) is 11.2. The molecule has 5 atom stereocenters. The highest BCUT2D eigenvalue weighted by molar-refractivity contribution is 5.99. The van der Waals surface area contributed by atoms with E-state index in [4.69, 9.17) is 30.4 Å². The molecule has 0 bridgehead atoms. The first-order valence-electron chi connectivity index (χ1n) is 21.7. The van der Waals surface area contributed by atoms with Crippen LogP contribution in [0.5, 0.6) is 11.5 Å². The Morgan fingerprint density at radius 1 is 0.750 bits per heavy atom. The fourth-order valence-corrected chi connectivity index (χ4v) is 7.86. The Morgan fingerprint density at radius 2 is 1.25 bits per heavy atom. The number of aryl methyl sites for hydroxylation is 4. The van der Waals surface area contributed by atoms with Gasteiger partial charge in [0, 0.05) is 43.7 Å². The lowest BCUT2D eigenvalue weighted by Gasteiger charge is -2.39. The molecular weight excluding hydrogens is 889 g/mol. The van der Waals surface area contributed by atoms with Crippen LogP contribution in [0.1, 0.15) is 73.3 Å². The zero-order valence-corrected chi connectivity index (χ0v) is 37.9. The molecular formula is C44H54N12O12. The first kappa shape index (κ1) is 48.7. The number of nitrogens with one attached hydrogen (secondary N) is 2. The molecule has 0 aliphatic carbocycles. The summed E-state index contributed by atoms with van der Waals surface area (Å²) < 4.78 is 29.4. The van der Waals surface area contributed by atoms with Gasteiger partial charge >= 0.3 is 0 Å². The summed E-state index contributed by atoms with van der Waals surface area (Å²) in [6.45, 7) is 7.52. The number of hydrogen-bond acceptors (Lipinski definition) is 14. The predicted octanol–water partition coefficient (Wildman–Crippen LogP) is -0.168. The van der Waals surface area contributed by atoms with Crippen molar-refractivity contribution in [1.82, 2.24) is 38.7 Å². The number of allylic oxidation sites excluding steroid dienone is 2. The molecule has 6 aromatic rings. The van der Waals surface area contributed by atoms with Gasteiger partial charge in [0.2, 0.25) is 23.1 Å². The number of imidazole rings is 2. The van der Waals surface area contributed by atoms with Crippen LogP contribution in [0, 0.1) is 13.8 Å². The number of ether oxygens (including phenoxy) is 4. The van der Waals surface area contributed by atoms with Crippen molar-refractivity contribution >= 4 is 45.7 Å². The zero-order valence-electron chi connectivity index (χ0n) is 37.9. The van der Waals surface area contributed by atoms with Crippen molar-refractivity contribution in [2.24, 2.45) is 21.5 Å². The van der Waals surface area contributed by atoms with E-state index in [1.807, 2.05) is 13.8 Å². The maximum atomic E-state index is 13.8. The Kier molecular flexibility index (Phi) is 14.9. The fourth-order valence-electron chi connectivity index (χ4n) is 7.86. The molecule has 1 aliphatic rings. The van der Waals surface area contributed by atoms with Crippen LogP contribution < -0.4 is 32.2 Å². The number of aromatic nitrogens is 8. The number of rotatable bonds is 18. The molecule has 362 valence electrons. The molecule has 0 unspecified atom stereocenters. The number of aliphatic hydroxyl groups excluding tert-OH is 4. The van der Waals surface area contributed by atoms with Crippen molar-refractivity contribution in [2.75, 3.05) is 26.9 Å². The SMILES string of the molecule is CCn1nc(C)cc1C(=O)/N=c1/[nH]c2cc(C(N)=O)cc(OC)c2n1C/C=C/Cn1/c(=N/C(=O)c2cc(C)nn2CC)[nH]c2cc(C(N)=O)cc(OCCCO[C@H]3O[C@H](CO)[C@@H](O)[C@H](O)[C@H]3O)c21. The van der Waals surface area contributed by atoms with E-state index in [2.05, 4.69) is 30.2 Å². The van der Waals surface area contributed by atoms with Crippen LogP contribution in [0.2, 0.25) is 0 Å². The van der Waals surface area contributed by atoms with Crippen LogP contribution in [0.3, 0.4) is 0 Å². The van der Waals surface area contributed by atoms with E-state index in [0.717, 1.165) is 0 Å². The van der Waals surface area contributed by atoms with Gasteiger partial charge in [-0.1, -0.05) is 12.2 Å².